The average Bonchev–Trinajstić information content (AvgIpc) is 2.43. The molecule has 0 unspecified atom stereocenters. The summed E-state index contributed by atoms with van der Waals surface area (Å²) < 4.78 is 6.85. The van der Waals surface area contributed by atoms with E-state index in [0.717, 1.165) is 22.1 Å². The van der Waals surface area contributed by atoms with Crippen molar-refractivity contribution in [1.29, 1.82) is 0 Å². The minimum Gasteiger partial charge on any atom is -0.497 e. The Labute approximate surface area is 116 Å². The monoisotopic (exact) mass is 276 g/mol. The third kappa shape index (κ3) is 3.54. The van der Waals surface area contributed by atoms with E-state index in [1.54, 1.807) is 41.8 Å². The summed E-state index contributed by atoms with van der Waals surface area (Å²) in [4.78, 5) is 12.5. The molecule has 19 heavy (non-hydrogen) atoms. The van der Waals surface area contributed by atoms with E-state index in [-0.39, 0.29) is 5.56 Å². The molecule has 0 saturated heterocycles. The van der Waals surface area contributed by atoms with Gasteiger partial charge in [-0.2, -0.15) is 0 Å². The molecule has 100 valence electrons. The zero-order valence-corrected chi connectivity index (χ0v) is 11.5. The maximum atomic E-state index is 11.5. The predicted molar refractivity (Wildman–Crippen MR) is 78.8 cm³/mol. The van der Waals surface area contributed by atoms with Crippen LogP contribution in [0.1, 0.15) is 0 Å². The number of rotatable bonds is 5. The maximum absolute atomic E-state index is 11.5. The van der Waals surface area contributed by atoms with Crippen molar-refractivity contribution >= 4 is 17.4 Å². The summed E-state index contributed by atoms with van der Waals surface area (Å²) in [6.07, 6.45) is 1.79. The van der Waals surface area contributed by atoms with Crippen LogP contribution in [0.3, 0.4) is 0 Å². The Balaban J connectivity index is 2.00. The van der Waals surface area contributed by atoms with Crippen molar-refractivity contribution in [2.75, 3.05) is 18.6 Å². The summed E-state index contributed by atoms with van der Waals surface area (Å²) in [7, 11) is 1.63. The SMILES string of the molecule is COc1ccc(N)c(SCCn2ccccc2=O)c1. The molecule has 5 heteroatoms. The van der Waals surface area contributed by atoms with Crippen LogP contribution < -0.4 is 16.0 Å². The lowest BCUT2D eigenvalue weighted by atomic mass is 10.3. The second-order valence-electron chi connectivity index (χ2n) is 3.98. The van der Waals surface area contributed by atoms with Crippen LogP contribution in [0.4, 0.5) is 5.69 Å². The molecule has 4 nitrogen and oxygen atoms in total. The maximum Gasteiger partial charge on any atom is 0.250 e. The standard InChI is InChI=1S/C14H16N2O2S/c1-18-11-5-6-12(15)13(10-11)19-9-8-16-7-3-2-4-14(16)17/h2-7,10H,8-9,15H2,1H3. The van der Waals surface area contributed by atoms with Crippen LogP contribution >= 0.6 is 11.8 Å². The van der Waals surface area contributed by atoms with Crippen LogP contribution in [0, 0.1) is 0 Å². The fourth-order valence-corrected chi connectivity index (χ4v) is 2.61. The van der Waals surface area contributed by atoms with Crippen molar-refractivity contribution in [3.8, 4) is 5.75 Å². The Hall–Kier alpha value is -1.88. The van der Waals surface area contributed by atoms with Crippen molar-refractivity contribution < 1.29 is 4.74 Å². The first-order valence-corrected chi connectivity index (χ1v) is 6.91. The molecule has 0 amide bonds. The zero-order valence-electron chi connectivity index (χ0n) is 10.7. The molecule has 2 N–H and O–H groups in total. The summed E-state index contributed by atoms with van der Waals surface area (Å²) in [6.45, 7) is 0.654. The van der Waals surface area contributed by atoms with Gasteiger partial charge in [0, 0.05) is 35.1 Å². The Kier molecular flexibility index (Phi) is 4.52. The van der Waals surface area contributed by atoms with Crippen LogP contribution in [0.25, 0.3) is 0 Å². The molecule has 1 aromatic carbocycles. The number of nitrogen functional groups attached to an aromatic ring is 1. The van der Waals surface area contributed by atoms with Crippen LogP contribution in [-0.2, 0) is 6.54 Å². The van der Waals surface area contributed by atoms with Crippen molar-refractivity contribution in [2.24, 2.45) is 0 Å². The zero-order chi connectivity index (χ0) is 13.7. The molecule has 0 fully saturated rings. The number of anilines is 1. The van der Waals surface area contributed by atoms with Gasteiger partial charge in [0.2, 0.25) is 0 Å². The highest BCUT2D eigenvalue weighted by atomic mass is 32.2. The van der Waals surface area contributed by atoms with Crippen molar-refractivity contribution in [1.82, 2.24) is 4.57 Å². The number of benzene rings is 1. The van der Waals surface area contributed by atoms with E-state index in [2.05, 4.69) is 0 Å². The number of pyridine rings is 1. The van der Waals surface area contributed by atoms with Gasteiger partial charge in [0.05, 0.1) is 7.11 Å². The molecule has 0 aliphatic heterocycles. The highest BCUT2D eigenvalue weighted by molar-refractivity contribution is 7.99. The summed E-state index contributed by atoms with van der Waals surface area (Å²) in [5.41, 5.74) is 6.65. The minimum absolute atomic E-state index is 0.0155. The lowest BCUT2D eigenvalue weighted by molar-refractivity contribution is 0.414. The minimum atomic E-state index is 0.0155. The number of aryl methyl sites for hydroxylation is 1. The topological polar surface area (TPSA) is 57.2 Å². The molecule has 0 radical (unpaired) electrons. The van der Waals surface area contributed by atoms with Gasteiger partial charge < -0.3 is 15.0 Å². The van der Waals surface area contributed by atoms with E-state index in [1.807, 2.05) is 24.3 Å². The highest BCUT2D eigenvalue weighted by Crippen LogP contribution is 2.28. The summed E-state index contributed by atoms with van der Waals surface area (Å²) in [6, 6.07) is 10.7. The van der Waals surface area contributed by atoms with Gasteiger partial charge in [0.15, 0.2) is 0 Å². The lowest BCUT2D eigenvalue weighted by Crippen LogP contribution is -2.18. The number of aromatic nitrogens is 1. The number of nitrogens with two attached hydrogens (primary N) is 1. The first-order chi connectivity index (χ1) is 9.20. The second-order valence-corrected chi connectivity index (χ2v) is 5.12. The van der Waals surface area contributed by atoms with Crippen LogP contribution in [0.15, 0.2) is 52.3 Å². The van der Waals surface area contributed by atoms with Crippen LogP contribution in [0.5, 0.6) is 5.75 Å². The molecule has 2 aromatic rings. The van der Waals surface area contributed by atoms with E-state index in [1.165, 1.54) is 0 Å². The average molecular weight is 276 g/mol. The van der Waals surface area contributed by atoms with Crippen molar-refractivity contribution in [2.45, 2.75) is 11.4 Å². The summed E-state index contributed by atoms with van der Waals surface area (Å²) >= 11 is 1.62. The Morgan fingerprint density at radius 1 is 1.32 bits per heavy atom. The van der Waals surface area contributed by atoms with E-state index in [4.69, 9.17) is 10.5 Å². The second kappa shape index (κ2) is 6.33. The molecule has 0 spiro atoms. The molecular weight excluding hydrogens is 260 g/mol. The Morgan fingerprint density at radius 2 is 2.16 bits per heavy atom. The van der Waals surface area contributed by atoms with Crippen molar-refractivity contribution in [3.63, 3.8) is 0 Å². The number of thioether (sulfide) groups is 1. The predicted octanol–water partition coefficient (Wildman–Crippen LogP) is 2.23. The van der Waals surface area contributed by atoms with Gasteiger partial charge in [0.25, 0.3) is 5.56 Å². The molecular formula is C14H16N2O2S. The Morgan fingerprint density at radius 3 is 2.89 bits per heavy atom. The first kappa shape index (κ1) is 13.5. The van der Waals surface area contributed by atoms with Crippen LogP contribution in [-0.4, -0.2) is 17.4 Å². The molecule has 1 heterocycles. The molecule has 1 aromatic heterocycles. The largest absolute Gasteiger partial charge is 0.497 e. The number of hydrogen-bond acceptors (Lipinski definition) is 4. The molecule has 0 atom stereocenters. The van der Waals surface area contributed by atoms with Gasteiger partial charge in [-0.25, -0.2) is 0 Å². The van der Waals surface area contributed by atoms with Gasteiger partial charge >= 0.3 is 0 Å². The molecule has 0 aliphatic rings. The third-order valence-electron chi connectivity index (χ3n) is 2.71. The van der Waals surface area contributed by atoms with Crippen LogP contribution in [0.2, 0.25) is 0 Å². The van der Waals surface area contributed by atoms with E-state index < -0.39 is 0 Å². The molecule has 0 saturated carbocycles. The Bertz CT molecular complexity index is 610. The third-order valence-corrected chi connectivity index (χ3v) is 3.76. The molecule has 0 bridgehead atoms. The molecule has 0 aliphatic carbocycles. The van der Waals surface area contributed by atoms with Gasteiger partial charge in [-0.1, -0.05) is 6.07 Å². The number of methoxy groups -OCH3 is 1. The van der Waals surface area contributed by atoms with Crippen molar-refractivity contribution in [3.05, 3.63) is 52.9 Å². The number of ether oxygens (including phenoxy) is 1. The fourth-order valence-electron chi connectivity index (χ4n) is 1.67. The smallest absolute Gasteiger partial charge is 0.250 e. The number of hydrogen-bond donors (Lipinski definition) is 1. The van der Waals surface area contributed by atoms with Gasteiger partial charge in [-0.15, -0.1) is 11.8 Å². The normalized spacial score (nSPS) is 10.4. The fraction of sp³-hybridized carbons (Fsp3) is 0.214. The van der Waals surface area contributed by atoms with E-state index in [9.17, 15) is 4.79 Å². The summed E-state index contributed by atoms with van der Waals surface area (Å²) in [5.74, 6) is 1.56. The lowest BCUT2D eigenvalue weighted by Gasteiger charge is -2.08. The van der Waals surface area contributed by atoms with Gasteiger partial charge in [-0.05, 0) is 24.3 Å². The first-order valence-electron chi connectivity index (χ1n) is 5.92. The molecule has 2 rings (SSSR count). The van der Waals surface area contributed by atoms with E-state index in [0.29, 0.717) is 6.54 Å². The quantitative estimate of drug-likeness (QED) is 0.672. The van der Waals surface area contributed by atoms with Gasteiger partial charge in [0.1, 0.15) is 5.75 Å². The number of nitrogens with zero attached hydrogens (tertiary/aromatic N) is 1. The van der Waals surface area contributed by atoms with E-state index >= 15 is 0 Å². The summed E-state index contributed by atoms with van der Waals surface area (Å²) in [5, 5.41) is 0. The van der Waals surface area contributed by atoms with Gasteiger partial charge in [-0.3, -0.25) is 4.79 Å². The highest BCUT2D eigenvalue weighted by Gasteiger charge is 2.03.